The lowest BCUT2D eigenvalue weighted by atomic mass is 10.1. The number of methoxy groups -OCH3 is 1. The van der Waals surface area contributed by atoms with Gasteiger partial charge in [-0.1, -0.05) is 25.1 Å². The molecule has 5 rings (SSSR count). The average molecular weight is 650 g/mol. The molecule has 0 fully saturated rings. The van der Waals surface area contributed by atoms with E-state index in [1.165, 1.54) is 38.3 Å². The van der Waals surface area contributed by atoms with Gasteiger partial charge < -0.3 is 20.3 Å². The first-order valence-corrected chi connectivity index (χ1v) is 16.4. The van der Waals surface area contributed by atoms with E-state index < -0.39 is 20.0 Å². The molecule has 0 bridgehead atoms. The summed E-state index contributed by atoms with van der Waals surface area (Å²) in [5, 5.41) is 42.9. The summed E-state index contributed by atoms with van der Waals surface area (Å²) >= 11 is 0. The quantitative estimate of drug-likeness (QED) is 0.0932. The Morgan fingerprint density at radius 1 is 0.778 bits per heavy atom. The van der Waals surface area contributed by atoms with Crippen molar-refractivity contribution in [3.8, 4) is 17.2 Å². The summed E-state index contributed by atoms with van der Waals surface area (Å²) in [5.41, 5.74) is 1.14. The highest BCUT2D eigenvalue weighted by Gasteiger charge is 2.21. The number of anilines is 1. The van der Waals surface area contributed by atoms with Gasteiger partial charge in [0.15, 0.2) is 15.6 Å². The lowest BCUT2D eigenvalue weighted by Crippen LogP contribution is -2.05. The molecule has 4 N–H and O–H groups in total. The van der Waals surface area contributed by atoms with Gasteiger partial charge in [0, 0.05) is 29.3 Å². The van der Waals surface area contributed by atoms with Crippen LogP contribution in [0.1, 0.15) is 6.92 Å². The Balaban J connectivity index is 1.56. The number of azo groups is 2. The van der Waals surface area contributed by atoms with E-state index in [0.29, 0.717) is 33.2 Å². The summed E-state index contributed by atoms with van der Waals surface area (Å²) in [6.45, 7) is 1.48. The predicted molar refractivity (Wildman–Crippen MR) is 170 cm³/mol. The number of sulfone groups is 1. The van der Waals surface area contributed by atoms with Crippen molar-refractivity contribution >= 4 is 69.9 Å². The fraction of sp³-hybridized carbons (Fsp3) is 0.133. The van der Waals surface area contributed by atoms with Crippen molar-refractivity contribution in [2.75, 3.05) is 25.2 Å². The largest absolute Gasteiger partial charge is 0.505 e. The Morgan fingerprint density at radius 2 is 1.51 bits per heavy atom. The Kier molecular flexibility index (Phi) is 8.42. The summed E-state index contributed by atoms with van der Waals surface area (Å²) in [4.78, 5) is -0.409. The third kappa shape index (κ3) is 6.13. The van der Waals surface area contributed by atoms with Crippen LogP contribution in [0.3, 0.4) is 0 Å². The molecule has 0 aliphatic heterocycles. The molecule has 0 unspecified atom stereocenters. The number of ether oxygens (including phenoxy) is 1. The molecule has 0 aromatic heterocycles. The summed E-state index contributed by atoms with van der Waals surface area (Å²) < 4.78 is 63.6. The maximum absolute atomic E-state index is 12.5. The van der Waals surface area contributed by atoms with E-state index in [0.717, 1.165) is 12.1 Å². The second-order valence-electron chi connectivity index (χ2n) is 9.67. The van der Waals surface area contributed by atoms with Gasteiger partial charge in [-0.05, 0) is 53.9 Å². The van der Waals surface area contributed by atoms with Crippen LogP contribution in [0.15, 0.2) is 103 Å². The molecular formula is C30H27N5O8S2. The van der Waals surface area contributed by atoms with Gasteiger partial charge in [-0.25, -0.2) is 8.42 Å². The van der Waals surface area contributed by atoms with Gasteiger partial charge in [0.05, 0.1) is 24.2 Å². The molecule has 0 heterocycles. The van der Waals surface area contributed by atoms with Gasteiger partial charge in [0.25, 0.3) is 10.1 Å². The molecule has 5 aromatic carbocycles. The molecule has 13 nitrogen and oxygen atoms in total. The Bertz CT molecular complexity index is 2250. The second kappa shape index (κ2) is 12.1. The number of nitrogens with zero attached hydrogens (tertiary/aromatic N) is 4. The Morgan fingerprint density at radius 3 is 2.20 bits per heavy atom. The molecule has 232 valence electrons. The number of hydrogen-bond acceptors (Lipinski definition) is 12. The molecule has 0 radical (unpaired) electrons. The number of hydrogen-bond donors (Lipinski definition) is 4. The maximum atomic E-state index is 12.5. The summed E-state index contributed by atoms with van der Waals surface area (Å²) in [6.07, 6.45) is 0. The van der Waals surface area contributed by atoms with Gasteiger partial charge in [0.1, 0.15) is 38.4 Å². The zero-order valence-electron chi connectivity index (χ0n) is 24.1. The van der Waals surface area contributed by atoms with Gasteiger partial charge in [0.2, 0.25) is 0 Å². The van der Waals surface area contributed by atoms with E-state index in [9.17, 15) is 31.6 Å². The van der Waals surface area contributed by atoms with Gasteiger partial charge >= 0.3 is 0 Å². The molecule has 15 heteroatoms. The monoisotopic (exact) mass is 649 g/mol. The highest BCUT2D eigenvalue weighted by Crippen LogP contribution is 2.44. The summed E-state index contributed by atoms with van der Waals surface area (Å²) in [7, 11) is -5.21. The lowest BCUT2D eigenvalue weighted by Gasteiger charge is -2.11. The van der Waals surface area contributed by atoms with Crippen LogP contribution in [-0.4, -0.2) is 51.5 Å². The minimum absolute atomic E-state index is 0.0324. The molecular weight excluding hydrogens is 622 g/mol. The van der Waals surface area contributed by atoms with Crippen LogP contribution in [0, 0.1) is 0 Å². The average Bonchev–Trinajstić information content (AvgIpc) is 3.02. The van der Waals surface area contributed by atoms with Crippen molar-refractivity contribution in [1.29, 1.82) is 0 Å². The SMILES string of the molecule is CCS(=O)(=O)c1cc(N=Nc2ccc3c(N=Nc4ccc5cccc(S(=O)(=O)O)c5c4)c(NC)ccc3c2O)c(O)cc1OC. The Labute approximate surface area is 258 Å². The zero-order valence-corrected chi connectivity index (χ0v) is 25.8. The van der Waals surface area contributed by atoms with Crippen molar-refractivity contribution in [1.82, 2.24) is 0 Å². The fourth-order valence-electron chi connectivity index (χ4n) is 4.66. The van der Waals surface area contributed by atoms with Crippen LogP contribution in [0.5, 0.6) is 17.2 Å². The number of fused-ring (bicyclic) bond motifs is 2. The molecule has 0 saturated carbocycles. The minimum atomic E-state index is -4.47. The van der Waals surface area contributed by atoms with E-state index in [-0.39, 0.29) is 49.6 Å². The van der Waals surface area contributed by atoms with Gasteiger partial charge in [-0.3, -0.25) is 4.55 Å². The Hall–Kier alpha value is -5.12. The van der Waals surface area contributed by atoms with E-state index in [4.69, 9.17) is 4.74 Å². The normalized spacial score (nSPS) is 12.4. The number of aromatic hydroxyl groups is 2. The molecule has 0 spiro atoms. The third-order valence-corrected chi connectivity index (χ3v) is 9.66. The highest BCUT2D eigenvalue weighted by atomic mass is 32.2. The number of phenolic OH excluding ortho intramolecular Hbond substituents is 2. The van der Waals surface area contributed by atoms with Gasteiger partial charge in [-0.2, -0.15) is 13.5 Å². The van der Waals surface area contributed by atoms with E-state index in [2.05, 4.69) is 25.8 Å². The van der Waals surface area contributed by atoms with Crippen LogP contribution in [0.4, 0.5) is 28.4 Å². The molecule has 5 aromatic rings. The zero-order chi connectivity index (χ0) is 32.5. The van der Waals surface area contributed by atoms with Crippen LogP contribution in [0.2, 0.25) is 0 Å². The molecule has 0 aliphatic carbocycles. The smallest absolute Gasteiger partial charge is 0.295 e. The standard InChI is InChI=1S/C30H27N5O8S2/c1-4-44(38,39)28-15-24(25(36)16-26(28)43-3)34-33-23-13-10-19-20(30(23)37)11-12-22(31-2)29(19)35-32-18-9-8-17-6-5-7-27(21(17)14-18)45(40,41)42/h5-16,31,36-37H,4H2,1-3H3,(H,40,41,42). The maximum Gasteiger partial charge on any atom is 0.295 e. The minimum Gasteiger partial charge on any atom is -0.505 e. The first-order chi connectivity index (χ1) is 21.4. The molecule has 0 atom stereocenters. The molecule has 45 heavy (non-hydrogen) atoms. The predicted octanol–water partition coefficient (Wildman–Crippen LogP) is 7.33. The second-order valence-corrected chi connectivity index (χ2v) is 13.3. The number of benzene rings is 5. The fourth-order valence-corrected chi connectivity index (χ4v) is 6.42. The van der Waals surface area contributed by atoms with E-state index in [1.807, 2.05) is 0 Å². The van der Waals surface area contributed by atoms with Crippen molar-refractivity contribution in [2.24, 2.45) is 20.5 Å². The summed E-state index contributed by atoms with van der Waals surface area (Å²) in [6, 6.07) is 18.0. The third-order valence-electron chi connectivity index (χ3n) is 7.00. The first-order valence-electron chi connectivity index (χ1n) is 13.3. The lowest BCUT2D eigenvalue weighted by molar-refractivity contribution is 0.396. The molecule has 0 aliphatic rings. The van der Waals surface area contributed by atoms with E-state index in [1.54, 1.807) is 43.4 Å². The molecule has 0 saturated heterocycles. The summed E-state index contributed by atoms with van der Waals surface area (Å²) in [5.74, 6) is -0.860. The van der Waals surface area contributed by atoms with Crippen molar-refractivity contribution in [3.63, 3.8) is 0 Å². The molecule has 0 amide bonds. The van der Waals surface area contributed by atoms with Crippen molar-refractivity contribution < 1.29 is 36.3 Å². The topological polar surface area (TPSA) is 200 Å². The first kappa shape index (κ1) is 31.3. The number of phenols is 2. The van der Waals surface area contributed by atoms with Crippen LogP contribution in [0.25, 0.3) is 21.5 Å². The van der Waals surface area contributed by atoms with Crippen LogP contribution < -0.4 is 10.1 Å². The van der Waals surface area contributed by atoms with E-state index >= 15 is 0 Å². The van der Waals surface area contributed by atoms with Crippen molar-refractivity contribution in [3.05, 3.63) is 72.8 Å². The van der Waals surface area contributed by atoms with Gasteiger partial charge in [-0.15, -0.1) is 15.3 Å². The number of rotatable bonds is 9. The highest BCUT2D eigenvalue weighted by molar-refractivity contribution is 7.91. The van der Waals surface area contributed by atoms with Crippen LogP contribution in [-0.2, 0) is 20.0 Å². The van der Waals surface area contributed by atoms with Crippen molar-refractivity contribution in [2.45, 2.75) is 16.7 Å². The van der Waals surface area contributed by atoms with Crippen LogP contribution >= 0.6 is 0 Å². The number of nitrogens with one attached hydrogen (secondary N) is 1.